The highest BCUT2D eigenvalue weighted by Crippen LogP contribution is 2.24. The minimum absolute atomic E-state index is 0. The van der Waals surface area contributed by atoms with Crippen LogP contribution in [-0.4, -0.2) is 35.9 Å². The second kappa shape index (κ2) is 11.3. The van der Waals surface area contributed by atoms with E-state index in [2.05, 4.69) is 15.0 Å². The van der Waals surface area contributed by atoms with Crippen LogP contribution in [0.25, 0.3) is 0 Å². The number of nitrogens with one attached hydrogen (secondary N) is 1. The summed E-state index contributed by atoms with van der Waals surface area (Å²) < 4.78 is 53.7. The van der Waals surface area contributed by atoms with Gasteiger partial charge in [-0.05, 0) is 19.4 Å². The number of alkyl halides is 4. The first-order valence-corrected chi connectivity index (χ1v) is 6.51. The fraction of sp³-hybridized carbons (Fsp3) is 0.538. The highest BCUT2D eigenvalue weighted by atomic mass is 35.5. The van der Waals surface area contributed by atoms with Crippen molar-refractivity contribution in [3.63, 3.8) is 0 Å². The number of carbonyl (C=O) groups excluding carboxylic acids is 1. The molecular formula is C13H19Cl2F4N3O2. The van der Waals surface area contributed by atoms with Crippen molar-refractivity contribution in [2.75, 3.05) is 11.9 Å². The molecular weight excluding hydrogens is 377 g/mol. The topological polar surface area (TPSA) is 77.2 Å². The number of nitrogens with two attached hydrogens (primary N) is 1. The Morgan fingerprint density at radius 1 is 1.38 bits per heavy atom. The number of amides is 1. The van der Waals surface area contributed by atoms with Gasteiger partial charge in [0.05, 0.1) is 11.9 Å². The molecule has 0 bridgehead atoms. The second-order valence-electron chi connectivity index (χ2n) is 4.80. The van der Waals surface area contributed by atoms with Gasteiger partial charge >= 0.3 is 12.3 Å². The monoisotopic (exact) mass is 395 g/mol. The third-order valence-electron chi connectivity index (χ3n) is 2.58. The maximum atomic E-state index is 12.7. The molecule has 0 aliphatic heterocycles. The molecule has 0 aliphatic rings. The number of carbonyl (C=O) groups is 1. The van der Waals surface area contributed by atoms with E-state index in [1.807, 2.05) is 0 Å². The van der Waals surface area contributed by atoms with Gasteiger partial charge in [0.25, 0.3) is 0 Å². The molecule has 1 aromatic rings. The Balaban J connectivity index is 0. The number of halogens is 6. The van der Waals surface area contributed by atoms with Crippen LogP contribution in [0.2, 0.25) is 0 Å². The highest BCUT2D eigenvalue weighted by Gasteiger charge is 2.41. The Labute approximate surface area is 149 Å². The van der Waals surface area contributed by atoms with Gasteiger partial charge in [-0.2, -0.15) is 8.78 Å². The Kier molecular flexibility index (Phi) is 11.7. The Bertz CT molecular complexity index is 491. The Morgan fingerprint density at radius 3 is 2.46 bits per heavy atom. The largest absolute Gasteiger partial charge is 0.471 e. The summed E-state index contributed by atoms with van der Waals surface area (Å²) in [6.07, 6.45) is -1.88. The molecule has 140 valence electrons. The molecule has 3 N–H and O–H groups in total. The zero-order valence-corrected chi connectivity index (χ0v) is 14.3. The smallest absolute Gasteiger partial charge is 0.340 e. The zero-order chi connectivity index (χ0) is 16.8. The van der Waals surface area contributed by atoms with E-state index in [0.29, 0.717) is 12.1 Å². The SMILES string of the molecule is CC(N)CCC(=O)Nc1ccc(OCC(F)(F)C(F)F)nc1.Cl.Cl. The predicted molar refractivity (Wildman–Crippen MR) is 86.7 cm³/mol. The third-order valence-corrected chi connectivity index (χ3v) is 2.58. The summed E-state index contributed by atoms with van der Waals surface area (Å²) in [5, 5.41) is 2.53. The summed E-state index contributed by atoms with van der Waals surface area (Å²) in [6.45, 7) is 0.300. The first kappa shape index (κ1) is 24.9. The second-order valence-corrected chi connectivity index (χ2v) is 4.80. The van der Waals surface area contributed by atoms with E-state index in [9.17, 15) is 22.4 Å². The molecule has 0 saturated heterocycles. The normalized spacial score (nSPS) is 12.0. The molecule has 0 saturated carbocycles. The third kappa shape index (κ3) is 9.09. The number of pyridine rings is 1. The molecule has 1 rings (SSSR count). The summed E-state index contributed by atoms with van der Waals surface area (Å²) in [6, 6.07) is 2.46. The summed E-state index contributed by atoms with van der Waals surface area (Å²) in [7, 11) is 0. The molecule has 0 fully saturated rings. The zero-order valence-electron chi connectivity index (χ0n) is 12.7. The standard InChI is InChI=1S/C13H17F4N3O2.2ClH/c1-8(18)2-4-10(21)20-9-3-5-11(19-6-9)22-7-13(16,17)12(14)15;;/h3,5-6,8,12H,2,4,7,18H2,1H3,(H,20,21);2*1H. The number of hydrogen-bond acceptors (Lipinski definition) is 4. The van der Waals surface area contributed by atoms with E-state index in [0.717, 1.165) is 0 Å². The molecule has 1 heterocycles. The lowest BCUT2D eigenvalue weighted by Gasteiger charge is -2.15. The Morgan fingerprint density at radius 2 is 2.00 bits per heavy atom. The quantitative estimate of drug-likeness (QED) is 0.662. The maximum Gasteiger partial charge on any atom is 0.340 e. The van der Waals surface area contributed by atoms with E-state index in [-0.39, 0.29) is 49.1 Å². The fourth-order valence-corrected chi connectivity index (χ4v) is 1.36. The maximum absolute atomic E-state index is 12.7. The van der Waals surface area contributed by atoms with Gasteiger partial charge in [-0.25, -0.2) is 13.8 Å². The predicted octanol–water partition coefficient (Wildman–Crippen LogP) is 3.27. The van der Waals surface area contributed by atoms with Crippen LogP contribution >= 0.6 is 24.8 Å². The average Bonchev–Trinajstić information content (AvgIpc) is 2.44. The molecule has 1 aromatic heterocycles. The van der Waals surface area contributed by atoms with Crippen molar-refractivity contribution in [2.45, 2.75) is 38.2 Å². The van der Waals surface area contributed by atoms with Gasteiger partial charge in [0.15, 0.2) is 6.61 Å². The lowest BCUT2D eigenvalue weighted by molar-refractivity contribution is -0.148. The number of rotatable bonds is 8. The van der Waals surface area contributed by atoms with Crippen molar-refractivity contribution in [3.8, 4) is 5.88 Å². The van der Waals surface area contributed by atoms with Crippen LogP contribution in [0.3, 0.4) is 0 Å². The molecule has 5 nitrogen and oxygen atoms in total. The summed E-state index contributed by atoms with van der Waals surface area (Å²) in [5.74, 6) is -4.75. The number of anilines is 1. The minimum atomic E-state index is -4.24. The molecule has 1 amide bonds. The van der Waals surface area contributed by atoms with Crippen molar-refractivity contribution in [1.82, 2.24) is 4.98 Å². The van der Waals surface area contributed by atoms with Crippen molar-refractivity contribution in [1.29, 1.82) is 0 Å². The molecule has 0 aliphatic carbocycles. The molecule has 24 heavy (non-hydrogen) atoms. The van der Waals surface area contributed by atoms with E-state index in [4.69, 9.17) is 5.73 Å². The highest BCUT2D eigenvalue weighted by molar-refractivity contribution is 5.90. The molecule has 0 spiro atoms. The fourth-order valence-electron chi connectivity index (χ4n) is 1.36. The van der Waals surface area contributed by atoms with E-state index < -0.39 is 19.0 Å². The number of aromatic nitrogens is 1. The van der Waals surface area contributed by atoms with Crippen LogP contribution in [-0.2, 0) is 4.79 Å². The van der Waals surface area contributed by atoms with Crippen LogP contribution in [0.15, 0.2) is 18.3 Å². The van der Waals surface area contributed by atoms with Gasteiger partial charge in [0.2, 0.25) is 11.8 Å². The molecule has 1 unspecified atom stereocenters. The summed E-state index contributed by atoms with van der Waals surface area (Å²) >= 11 is 0. The van der Waals surface area contributed by atoms with Crippen LogP contribution in [0.5, 0.6) is 5.88 Å². The number of hydrogen-bond donors (Lipinski definition) is 2. The van der Waals surface area contributed by atoms with E-state index in [1.54, 1.807) is 6.92 Å². The molecule has 0 aromatic carbocycles. The van der Waals surface area contributed by atoms with Gasteiger partial charge in [0.1, 0.15) is 0 Å². The van der Waals surface area contributed by atoms with E-state index >= 15 is 0 Å². The first-order chi connectivity index (χ1) is 10.2. The molecule has 1 atom stereocenters. The lowest BCUT2D eigenvalue weighted by atomic mass is 10.2. The minimum Gasteiger partial charge on any atom is -0.471 e. The van der Waals surface area contributed by atoms with E-state index in [1.165, 1.54) is 18.3 Å². The van der Waals surface area contributed by atoms with Crippen LogP contribution in [0.4, 0.5) is 23.2 Å². The summed E-state index contributed by atoms with van der Waals surface area (Å²) in [5.41, 5.74) is 5.86. The molecule has 0 radical (unpaired) electrons. The molecule has 11 heteroatoms. The Hall–Kier alpha value is -1.32. The van der Waals surface area contributed by atoms with Crippen LogP contribution in [0, 0.1) is 0 Å². The average molecular weight is 396 g/mol. The van der Waals surface area contributed by atoms with Crippen LogP contribution in [0.1, 0.15) is 19.8 Å². The van der Waals surface area contributed by atoms with Gasteiger partial charge in [0, 0.05) is 18.5 Å². The lowest BCUT2D eigenvalue weighted by Crippen LogP contribution is -2.33. The van der Waals surface area contributed by atoms with Crippen LogP contribution < -0.4 is 15.8 Å². The number of nitrogens with zero attached hydrogens (tertiary/aromatic N) is 1. The van der Waals surface area contributed by atoms with Gasteiger partial charge in [-0.1, -0.05) is 0 Å². The van der Waals surface area contributed by atoms with Gasteiger partial charge in [-0.15, -0.1) is 24.8 Å². The van der Waals surface area contributed by atoms with Gasteiger partial charge < -0.3 is 15.8 Å². The van der Waals surface area contributed by atoms with Gasteiger partial charge in [-0.3, -0.25) is 4.79 Å². The number of ether oxygens (including phenoxy) is 1. The first-order valence-electron chi connectivity index (χ1n) is 6.51. The van der Waals surface area contributed by atoms with Crippen molar-refractivity contribution in [2.24, 2.45) is 5.73 Å². The van der Waals surface area contributed by atoms with Crippen molar-refractivity contribution in [3.05, 3.63) is 18.3 Å². The van der Waals surface area contributed by atoms with Crippen molar-refractivity contribution >= 4 is 36.4 Å². The van der Waals surface area contributed by atoms with Crippen molar-refractivity contribution < 1.29 is 27.1 Å². The summed E-state index contributed by atoms with van der Waals surface area (Å²) in [4.78, 5) is 15.2.